The molecule has 0 saturated heterocycles. The lowest BCUT2D eigenvalue weighted by Crippen LogP contribution is -2.17. The smallest absolute Gasteiger partial charge is 0.184 e. The van der Waals surface area contributed by atoms with Gasteiger partial charge in [0.25, 0.3) is 0 Å². The molecule has 1 aromatic heterocycles. The molecule has 1 unspecified atom stereocenters. The maximum absolute atomic E-state index is 12.9. The Morgan fingerprint density at radius 1 is 1.24 bits per heavy atom. The van der Waals surface area contributed by atoms with E-state index in [0.29, 0.717) is 0 Å². The molecule has 1 heterocycles. The van der Waals surface area contributed by atoms with Crippen molar-refractivity contribution in [1.29, 1.82) is 0 Å². The summed E-state index contributed by atoms with van der Waals surface area (Å²) < 4.78 is 15.1. The number of hydrogen-bond donors (Lipinski definition) is 1. The number of anilines is 1. The van der Waals surface area contributed by atoms with Gasteiger partial charge in [0.15, 0.2) is 5.13 Å². The van der Waals surface area contributed by atoms with E-state index in [-0.39, 0.29) is 11.9 Å². The third kappa shape index (κ3) is 3.60. The summed E-state index contributed by atoms with van der Waals surface area (Å²) in [5, 5.41) is 4.33. The van der Waals surface area contributed by atoms with Gasteiger partial charge in [0.05, 0.1) is 10.2 Å². The Labute approximate surface area is 135 Å². The predicted molar refractivity (Wildman–Crippen MR) is 90.5 cm³/mol. The molecule has 1 N–H and O–H groups in total. The number of halogens is 2. The van der Waals surface area contributed by atoms with Crippen LogP contribution in [-0.4, -0.2) is 11.0 Å². The largest absolute Gasteiger partial charge is 0.359 e. The number of nitrogens with zero attached hydrogens (tertiary/aromatic N) is 1. The zero-order chi connectivity index (χ0) is 14.8. The molecule has 0 saturated carbocycles. The zero-order valence-corrected chi connectivity index (χ0v) is 13.8. The van der Waals surface area contributed by atoms with Crippen LogP contribution in [0.3, 0.4) is 0 Å². The normalized spacial score (nSPS) is 12.5. The Hall–Kier alpha value is -1.46. The lowest BCUT2D eigenvalue weighted by Gasteiger charge is -2.12. The summed E-state index contributed by atoms with van der Waals surface area (Å²) in [5.41, 5.74) is 2.11. The van der Waals surface area contributed by atoms with Crippen molar-refractivity contribution in [3.8, 4) is 0 Å². The van der Waals surface area contributed by atoms with Gasteiger partial charge in [-0.1, -0.05) is 39.4 Å². The van der Waals surface area contributed by atoms with Crippen LogP contribution >= 0.6 is 27.3 Å². The van der Waals surface area contributed by atoms with Gasteiger partial charge in [0.1, 0.15) is 5.82 Å². The molecule has 0 spiro atoms. The predicted octanol–water partition coefficient (Wildman–Crippen LogP) is 5.24. The molecule has 0 aliphatic heterocycles. The second kappa shape index (κ2) is 6.12. The molecule has 21 heavy (non-hydrogen) atoms. The minimum atomic E-state index is -0.198. The molecular weight excluding hydrogens is 351 g/mol. The lowest BCUT2D eigenvalue weighted by atomic mass is 10.1. The number of thiazole rings is 1. The Balaban J connectivity index is 1.70. The maximum atomic E-state index is 12.9. The van der Waals surface area contributed by atoms with Gasteiger partial charge in [-0.15, -0.1) is 0 Å². The number of nitrogens with one attached hydrogen (secondary N) is 1. The van der Waals surface area contributed by atoms with Crippen molar-refractivity contribution in [2.45, 2.75) is 19.4 Å². The Morgan fingerprint density at radius 3 is 2.76 bits per heavy atom. The molecule has 2 nitrogen and oxygen atoms in total. The summed E-state index contributed by atoms with van der Waals surface area (Å²) in [4.78, 5) is 4.58. The monoisotopic (exact) mass is 364 g/mol. The highest BCUT2D eigenvalue weighted by Crippen LogP contribution is 2.29. The molecular formula is C16H14BrFN2S. The highest BCUT2D eigenvalue weighted by atomic mass is 79.9. The van der Waals surface area contributed by atoms with Crippen LogP contribution in [0.15, 0.2) is 46.9 Å². The molecule has 0 aliphatic carbocycles. The van der Waals surface area contributed by atoms with E-state index in [0.717, 1.165) is 31.8 Å². The summed E-state index contributed by atoms with van der Waals surface area (Å²) in [5.74, 6) is -0.198. The van der Waals surface area contributed by atoms with Gasteiger partial charge in [0.2, 0.25) is 0 Å². The molecule has 5 heteroatoms. The van der Waals surface area contributed by atoms with Crippen molar-refractivity contribution < 1.29 is 4.39 Å². The fourth-order valence-corrected chi connectivity index (χ4v) is 3.73. The van der Waals surface area contributed by atoms with Gasteiger partial charge in [-0.2, -0.15) is 0 Å². The maximum Gasteiger partial charge on any atom is 0.184 e. The average Bonchev–Trinajstić information content (AvgIpc) is 2.82. The minimum Gasteiger partial charge on any atom is -0.359 e. The molecule has 3 rings (SSSR count). The molecule has 0 fully saturated rings. The Bertz CT molecular complexity index is 755. The quantitative estimate of drug-likeness (QED) is 0.684. The van der Waals surface area contributed by atoms with Crippen LogP contribution in [0, 0.1) is 5.82 Å². The van der Waals surface area contributed by atoms with E-state index in [1.807, 2.05) is 24.3 Å². The van der Waals surface area contributed by atoms with Crippen molar-refractivity contribution >= 4 is 42.6 Å². The first-order valence-electron chi connectivity index (χ1n) is 6.67. The summed E-state index contributed by atoms with van der Waals surface area (Å²) in [6, 6.07) is 12.9. The van der Waals surface area contributed by atoms with Gasteiger partial charge in [0, 0.05) is 10.5 Å². The standard InChI is InChI=1S/C16H14BrFN2S/c1-10(8-11-2-5-13(18)6-3-11)19-16-20-14-7-4-12(17)9-15(14)21-16/h2-7,9-10H,8H2,1H3,(H,19,20). The molecule has 108 valence electrons. The zero-order valence-electron chi connectivity index (χ0n) is 11.4. The summed E-state index contributed by atoms with van der Waals surface area (Å²) in [7, 11) is 0. The Morgan fingerprint density at radius 2 is 2.00 bits per heavy atom. The number of rotatable bonds is 4. The van der Waals surface area contributed by atoms with Crippen LogP contribution < -0.4 is 5.32 Å². The topological polar surface area (TPSA) is 24.9 Å². The van der Waals surface area contributed by atoms with Crippen molar-refractivity contribution in [3.05, 3.63) is 58.3 Å². The summed E-state index contributed by atoms with van der Waals surface area (Å²) >= 11 is 5.11. The molecule has 2 aromatic carbocycles. The van der Waals surface area contributed by atoms with Crippen molar-refractivity contribution in [2.24, 2.45) is 0 Å². The van der Waals surface area contributed by atoms with Gasteiger partial charge in [-0.25, -0.2) is 9.37 Å². The summed E-state index contributed by atoms with van der Waals surface area (Å²) in [6.07, 6.45) is 0.833. The van der Waals surface area contributed by atoms with Crippen LogP contribution in [-0.2, 0) is 6.42 Å². The number of benzene rings is 2. The molecule has 3 aromatic rings. The molecule has 0 amide bonds. The van der Waals surface area contributed by atoms with Gasteiger partial charge in [-0.05, 0) is 49.2 Å². The number of aromatic nitrogens is 1. The van der Waals surface area contributed by atoms with Gasteiger partial charge < -0.3 is 5.32 Å². The molecule has 1 atom stereocenters. The highest BCUT2D eigenvalue weighted by Gasteiger charge is 2.08. The van der Waals surface area contributed by atoms with Crippen molar-refractivity contribution in [2.75, 3.05) is 5.32 Å². The fraction of sp³-hybridized carbons (Fsp3) is 0.188. The van der Waals surface area contributed by atoms with E-state index in [2.05, 4.69) is 39.2 Å². The van der Waals surface area contributed by atoms with Crippen LogP contribution in [0.5, 0.6) is 0 Å². The van der Waals surface area contributed by atoms with E-state index in [4.69, 9.17) is 0 Å². The first-order valence-corrected chi connectivity index (χ1v) is 8.28. The fourth-order valence-electron chi connectivity index (χ4n) is 2.20. The van der Waals surface area contributed by atoms with E-state index in [1.165, 1.54) is 12.1 Å². The van der Waals surface area contributed by atoms with Gasteiger partial charge in [-0.3, -0.25) is 0 Å². The first kappa shape index (κ1) is 14.5. The number of fused-ring (bicyclic) bond motifs is 1. The molecule has 0 bridgehead atoms. The molecule has 0 radical (unpaired) electrons. The van der Waals surface area contributed by atoms with E-state index < -0.39 is 0 Å². The Kier molecular flexibility index (Phi) is 4.22. The summed E-state index contributed by atoms with van der Waals surface area (Å²) in [6.45, 7) is 2.10. The third-order valence-electron chi connectivity index (χ3n) is 3.18. The average molecular weight is 365 g/mol. The third-order valence-corrected chi connectivity index (χ3v) is 4.62. The van der Waals surface area contributed by atoms with Crippen molar-refractivity contribution in [3.63, 3.8) is 0 Å². The van der Waals surface area contributed by atoms with Crippen LogP contribution in [0.4, 0.5) is 9.52 Å². The van der Waals surface area contributed by atoms with Crippen molar-refractivity contribution in [1.82, 2.24) is 4.98 Å². The molecule has 0 aliphatic rings. The van der Waals surface area contributed by atoms with Crippen LogP contribution in [0.2, 0.25) is 0 Å². The first-order chi connectivity index (χ1) is 10.1. The second-order valence-electron chi connectivity index (χ2n) is 5.01. The van der Waals surface area contributed by atoms with E-state index in [1.54, 1.807) is 11.3 Å². The van der Waals surface area contributed by atoms with Gasteiger partial charge >= 0.3 is 0 Å². The number of hydrogen-bond acceptors (Lipinski definition) is 3. The van der Waals surface area contributed by atoms with Crippen LogP contribution in [0.25, 0.3) is 10.2 Å². The van der Waals surface area contributed by atoms with Crippen LogP contribution in [0.1, 0.15) is 12.5 Å². The minimum absolute atomic E-state index is 0.198. The SMILES string of the molecule is CC(Cc1ccc(F)cc1)Nc1nc2ccc(Br)cc2s1. The second-order valence-corrected chi connectivity index (χ2v) is 6.95. The van der Waals surface area contributed by atoms with E-state index >= 15 is 0 Å². The highest BCUT2D eigenvalue weighted by molar-refractivity contribution is 9.10. The lowest BCUT2D eigenvalue weighted by molar-refractivity contribution is 0.626. The van der Waals surface area contributed by atoms with E-state index in [9.17, 15) is 4.39 Å².